The molecule has 0 heterocycles. The second kappa shape index (κ2) is 15.4. The van der Waals surface area contributed by atoms with Crippen LogP contribution in [0.15, 0.2) is 0 Å². The molecule has 0 amide bonds. The van der Waals surface area contributed by atoms with Crippen molar-refractivity contribution in [2.75, 3.05) is 13.1 Å². The summed E-state index contributed by atoms with van der Waals surface area (Å²) in [6.07, 6.45) is 15.9. The number of rotatable bonds is 15. The van der Waals surface area contributed by atoms with Crippen LogP contribution >= 0.6 is 0 Å². The van der Waals surface area contributed by atoms with Gasteiger partial charge in [0.05, 0.1) is 0 Å². The summed E-state index contributed by atoms with van der Waals surface area (Å²) in [5.74, 6) is 1.71. The maximum Gasteiger partial charge on any atom is -0.00182 e. The topological polar surface area (TPSA) is 12.0 Å². The van der Waals surface area contributed by atoms with Gasteiger partial charge in [-0.1, -0.05) is 91.9 Å². The van der Waals surface area contributed by atoms with Crippen molar-refractivity contribution in [3.05, 3.63) is 0 Å². The lowest BCUT2D eigenvalue weighted by atomic mass is 9.90. The van der Waals surface area contributed by atoms with Gasteiger partial charge in [-0.15, -0.1) is 0 Å². The van der Waals surface area contributed by atoms with E-state index in [9.17, 15) is 0 Å². The zero-order valence-corrected chi connectivity index (χ0v) is 14.8. The third-order valence-corrected chi connectivity index (χ3v) is 4.53. The molecule has 0 aliphatic rings. The largest absolute Gasteiger partial charge is 0.317 e. The summed E-state index contributed by atoms with van der Waals surface area (Å²) in [6, 6.07) is 0. The van der Waals surface area contributed by atoms with Crippen molar-refractivity contribution in [1.29, 1.82) is 0 Å². The van der Waals surface area contributed by atoms with Crippen molar-refractivity contribution in [2.45, 2.75) is 98.3 Å². The first kappa shape index (κ1) is 20.0. The Labute approximate surface area is 129 Å². The van der Waals surface area contributed by atoms with Gasteiger partial charge in [0, 0.05) is 0 Å². The zero-order chi connectivity index (χ0) is 15.1. The van der Waals surface area contributed by atoms with Gasteiger partial charge < -0.3 is 5.32 Å². The van der Waals surface area contributed by atoms with Gasteiger partial charge in [-0.2, -0.15) is 0 Å². The second-order valence-electron chi connectivity index (χ2n) is 6.78. The molecule has 1 nitrogen and oxygen atoms in total. The Balaban J connectivity index is 3.32. The zero-order valence-electron chi connectivity index (χ0n) is 14.8. The van der Waals surface area contributed by atoms with Crippen LogP contribution in [0, 0.1) is 11.8 Å². The Morgan fingerprint density at radius 1 is 0.700 bits per heavy atom. The first-order valence-electron chi connectivity index (χ1n) is 9.43. The molecule has 0 saturated carbocycles. The molecule has 0 bridgehead atoms. The summed E-state index contributed by atoms with van der Waals surface area (Å²) in [4.78, 5) is 0. The highest BCUT2D eigenvalue weighted by Gasteiger charge is 2.11. The molecular formula is C19H41N. The van der Waals surface area contributed by atoms with Crippen molar-refractivity contribution in [3.8, 4) is 0 Å². The van der Waals surface area contributed by atoms with E-state index in [1.165, 1.54) is 77.2 Å². The molecule has 1 atom stereocenters. The Morgan fingerprint density at radius 2 is 1.20 bits per heavy atom. The minimum absolute atomic E-state index is 0.826. The van der Waals surface area contributed by atoms with Crippen molar-refractivity contribution in [1.82, 2.24) is 5.32 Å². The molecule has 0 aliphatic heterocycles. The third-order valence-electron chi connectivity index (χ3n) is 4.53. The van der Waals surface area contributed by atoms with Crippen LogP contribution in [0.1, 0.15) is 98.3 Å². The Morgan fingerprint density at radius 3 is 1.65 bits per heavy atom. The summed E-state index contributed by atoms with van der Waals surface area (Å²) in [5, 5.41) is 3.52. The first-order chi connectivity index (χ1) is 9.72. The molecule has 0 fully saturated rings. The van der Waals surface area contributed by atoms with Crippen LogP contribution in [0.3, 0.4) is 0 Å². The molecule has 0 spiro atoms. The van der Waals surface area contributed by atoms with Gasteiger partial charge in [0.15, 0.2) is 0 Å². The van der Waals surface area contributed by atoms with Crippen LogP contribution < -0.4 is 5.32 Å². The average Bonchev–Trinajstić information content (AvgIpc) is 2.43. The monoisotopic (exact) mass is 283 g/mol. The quantitative estimate of drug-likeness (QED) is 0.354. The third kappa shape index (κ3) is 13.0. The highest BCUT2D eigenvalue weighted by molar-refractivity contribution is 4.66. The van der Waals surface area contributed by atoms with Crippen molar-refractivity contribution < 1.29 is 0 Å². The Kier molecular flexibility index (Phi) is 15.3. The van der Waals surface area contributed by atoms with Crippen molar-refractivity contribution >= 4 is 0 Å². The highest BCUT2D eigenvalue weighted by Crippen LogP contribution is 2.19. The number of hydrogen-bond donors (Lipinski definition) is 1. The van der Waals surface area contributed by atoms with Gasteiger partial charge in [0.1, 0.15) is 0 Å². The van der Waals surface area contributed by atoms with Crippen LogP contribution in [0.25, 0.3) is 0 Å². The maximum absolute atomic E-state index is 3.52. The molecule has 0 aromatic heterocycles. The molecule has 1 unspecified atom stereocenters. The fourth-order valence-corrected chi connectivity index (χ4v) is 2.89. The van der Waals surface area contributed by atoms with Gasteiger partial charge in [0.25, 0.3) is 0 Å². The van der Waals surface area contributed by atoms with Crippen LogP contribution in [0.5, 0.6) is 0 Å². The molecular weight excluding hydrogens is 242 g/mol. The summed E-state index contributed by atoms with van der Waals surface area (Å²) in [7, 11) is 0. The van der Waals surface area contributed by atoms with Crippen molar-refractivity contribution in [2.24, 2.45) is 11.8 Å². The molecule has 0 rings (SSSR count). The molecule has 1 heteroatoms. The molecule has 0 aromatic carbocycles. The maximum atomic E-state index is 3.52. The lowest BCUT2D eigenvalue weighted by Gasteiger charge is -2.21. The SMILES string of the molecule is CCCCCCCCCCCCC(CNCC)C(C)C. The minimum atomic E-state index is 0.826. The van der Waals surface area contributed by atoms with Gasteiger partial charge in [-0.25, -0.2) is 0 Å². The van der Waals surface area contributed by atoms with E-state index in [0.29, 0.717) is 0 Å². The molecule has 0 aromatic rings. The number of nitrogens with one attached hydrogen (secondary N) is 1. The minimum Gasteiger partial charge on any atom is -0.317 e. The van der Waals surface area contributed by atoms with Crippen molar-refractivity contribution in [3.63, 3.8) is 0 Å². The summed E-state index contributed by atoms with van der Waals surface area (Å²) in [6.45, 7) is 11.6. The summed E-state index contributed by atoms with van der Waals surface area (Å²) >= 11 is 0. The summed E-state index contributed by atoms with van der Waals surface area (Å²) in [5.41, 5.74) is 0. The molecule has 0 saturated heterocycles. The summed E-state index contributed by atoms with van der Waals surface area (Å²) < 4.78 is 0. The van der Waals surface area contributed by atoms with E-state index in [1.807, 2.05) is 0 Å². The van der Waals surface area contributed by atoms with Gasteiger partial charge >= 0.3 is 0 Å². The standard InChI is InChI=1S/C19H41N/c1-5-7-8-9-10-11-12-13-14-15-16-19(18(3)4)17-20-6-2/h18-20H,5-17H2,1-4H3. The molecule has 122 valence electrons. The predicted octanol–water partition coefficient (Wildman–Crippen LogP) is 6.18. The number of hydrogen-bond acceptors (Lipinski definition) is 1. The van der Waals surface area contributed by atoms with E-state index in [0.717, 1.165) is 18.4 Å². The van der Waals surface area contributed by atoms with Gasteiger partial charge in [-0.05, 0) is 31.3 Å². The normalized spacial score (nSPS) is 13.1. The second-order valence-corrected chi connectivity index (χ2v) is 6.78. The van der Waals surface area contributed by atoms with Gasteiger partial charge in [-0.3, -0.25) is 0 Å². The van der Waals surface area contributed by atoms with Crippen LogP contribution in [-0.4, -0.2) is 13.1 Å². The molecule has 20 heavy (non-hydrogen) atoms. The van der Waals surface area contributed by atoms with Crippen LogP contribution in [0.4, 0.5) is 0 Å². The lowest BCUT2D eigenvalue weighted by Crippen LogP contribution is -2.26. The first-order valence-corrected chi connectivity index (χ1v) is 9.43. The molecule has 0 radical (unpaired) electrons. The van der Waals surface area contributed by atoms with E-state index in [2.05, 4.69) is 33.0 Å². The molecule has 1 N–H and O–H groups in total. The predicted molar refractivity (Wildman–Crippen MR) is 93.3 cm³/mol. The van der Waals surface area contributed by atoms with E-state index < -0.39 is 0 Å². The fourth-order valence-electron chi connectivity index (χ4n) is 2.89. The van der Waals surface area contributed by atoms with Crippen LogP contribution in [-0.2, 0) is 0 Å². The van der Waals surface area contributed by atoms with E-state index in [4.69, 9.17) is 0 Å². The lowest BCUT2D eigenvalue weighted by molar-refractivity contribution is 0.331. The Bertz CT molecular complexity index is 177. The van der Waals surface area contributed by atoms with E-state index >= 15 is 0 Å². The number of unbranched alkanes of at least 4 members (excludes halogenated alkanes) is 9. The molecule has 0 aliphatic carbocycles. The van der Waals surface area contributed by atoms with Gasteiger partial charge in [0.2, 0.25) is 0 Å². The van der Waals surface area contributed by atoms with E-state index in [1.54, 1.807) is 0 Å². The van der Waals surface area contributed by atoms with Crippen LogP contribution in [0.2, 0.25) is 0 Å². The smallest absolute Gasteiger partial charge is 0.00182 e. The van der Waals surface area contributed by atoms with E-state index in [-0.39, 0.29) is 0 Å². The highest BCUT2D eigenvalue weighted by atomic mass is 14.8. The Hall–Kier alpha value is -0.0400. The average molecular weight is 284 g/mol. The fraction of sp³-hybridized carbons (Fsp3) is 1.00.